The molecule has 1 amide bonds. The number of halogens is 1. The van der Waals surface area contributed by atoms with E-state index < -0.39 is 0 Å². The van der Waals surface area contributed by atoms with Gasteiger partial charge in [0.2, 0.25) is 5.56 Å². The number of anilines is 4. The summed E-state index contributed by atoms with van der Waals surface area (Å²) in [5, 5.41) is 3.09. The van der Waals surface area contributed by atoms with Crippen LogP contribution in [0.2, 0.25) is 0 Å². The van der Waals surface area contributed by atoms with E-state index in [2.05, 4.69) is 10.3 Å². The summed E-state index contributed by atoms with van der Waals surface area (Å²) in [6, 6.07) is 13.2. The minimum absolute atomic E-state index is 0.159. The normalized spacial score (nSPS) is 13.4. The van der Waals surface area contributed by atoms with Gasteiger partial charge in [0.1, 0.15) is 12.5 Å². The van der Waals surface area contributed by atoms with E-state index in [1.807, 2.05) is 31.0 Å². The molecule has 0 unspecified atom stereocenters. The van der Waals surface area contributed by atoms with Crippen molar-refractivity contribution in [2.75, 3.05) is 28.8 Å². The average molecular weight is 392 g/mol. The van der Waals surface area contributed by atoms with Crippen LogP contribution in [0.1, 0.15) is 21.6 Å². The predicted molar refractivity (Wildman–Crippen MR) is 113 cm³/mol. The Morgan fingerprint density at radius 3 is 2.38 bits per heavy atom. The zero-order valence-corrected chi connectivity index (χ0v) is 16.4. The van der Waals surface area contributed by atoms with Crippen molar-refractivity contribution < 1.29 is 9.18 Å². The Bertz CT molecular complexity index is 1170. The molecule has 1 aromatic heterocycles. The summed E-state index contributed by atoms with van der Waals surface area (Å²) in [6.07, 6.45) is 0. The van der Waals surface area contributed by atoms with Gasteiger partial charge in [-0.05, 0) is 61.9 Å². The first-order valence-electron chi connectivity index (χ1n) is 9.26. The second-order valence-corrected chi connectivity index (χ2v) is 7.05. The number of rotatable bonds is 3. The Balaban J connectivity index is 1.90. The number of carbonyl (C=O) groups is 1. The number of fused-ring (bicyclic) bond motifs is 1. The molecule has 0 radical (unpaired) electrons. The molecule has 7 heteroatoms. The Morgan fingerprint density at radius 2 is 1.69 bits per heavy atom. The van der Waals surface area contributed by atoms with Crippen LogP contribution in [0.15, 0.2) is 53.3 Å². The largest absolute Gasteiger partial charge is 0.388 e. The summed E-state index contributed by atoms with van der Waals surface area (Å²) >= 11 is 0. The van der Waals surface area contributed by atoms with E-state index in [-0.39, 0.29) is 24.0 Å². The highest BCUT2D eigenvalue weighted by atomic mass is 19.1. The van der Waals surface area contributed by atoms with Gasteiger partial charge in [-0.2, -0.15) is 0 Å². The Morgan fingerprint density at radius 1 is 0.931 bits per heavy atom. The van der Waals surface area contributed by atoms with Crippen LogP contribution in [0.4, 0.5) is 27.1 Å². The van der Waals surface area contributed by atoms with Gasteiger partial charge in [-0.25, -0.2) is 4.39 Å². The van der Waals surface area contributed by atoms with E-state index in [0.717, 1.165) is 22.6 Å². The number of amides is 1. The summed E-state index contributed by atoms with van der Waals surface area (Å²) in [6.45, 7) is 3.83. The van der Waals surface area contributed by atoms with E-state index in [0.29, 0.717) is 16.9 Å². The van der Waals surface area contributed by atoms with Gasteiger partial charge in [-0.3, -0.25) is 14.5 Å². The van der Waals surface area contributed by atoms with Crippen LogP contribution in [0.25, 0.3) is 0 Å². The van der Waals surface area contributed by atoms with Crippen molar-refractivity contribution in [1.82, 2.24) is 4.98 Å². The van der Waals surface area contributed by atoms with Crippen molar-refractivity contribution in [3.05, 3.63) is 81.5 Å². The summed E-state index contributed by atoms with van der Waals surface area (Å²) in [5.74, 6) is -0.467. The molecule has 0 bridgehead atoms. The van der Waals surface area contributed by atoms with Crippen LogP contribution in [-0.2, 0) is 0 Å². The van der Waals surface area contributed by atoms with Crippen molar-refractivity contribution in [3.8, 4) is 0 Å². The van der Waals surface area contributed by atoms with Crippen molar-refractivity contribution in [3.63, 3.8) is 0 Å². The number of aromatic amines is 1. The lowest BCUT2D eigenvalue weighted by molar-refractivity contribution is 0.0983. The smallest absolute Gasteiger partial charge is 0.261 e. The van der Waals surface area contributed by atoms with E-state index in [1.54, 1.807) is 30.0 Å². The molecule has 0 fully saturated rings. The minimum atomic E-state index is -0.308. The summed E-state index contributed by atoms with van der Waals surface area (Å²) in [7, 11) is 1.82. The third kappa shape index (κ3) is 3.24. The highest BCUT2D eigenvalue weighted by molar-refractivity contribution is 6.13. The maximum atomic E-state index is 13.7. The first kappa shape index (κ1) is 18.7. The van der Waals surface area contributed by atoms with E-state index in [1.165, 1.54) is 18.2 Å². The van der Waals surface area contributed by atoms with Crippen molar-refractivity contribution in [2.45, 2.75) is 13.8 Å². The second kappa shape index (κ2) is 7.09. The zero-order chi connectivity index (χ0) is 20.7. The van der Waals surface area contributed by atoms with Crippen molar-refractivity contribution in [2.24, 2.45) is 0 Å². The fourth-order valence-corrected chi connectivity index (χ4v) is 3.69. The van der Waals surface area contributed by atoms with Crippen LogP contribution in [0, 0.1) is 19.7 Å². The van der Waals surface area contributed by atoms with Gasteiger partial charge < -0.3 is 15.2 Å². The summed E-state index contributed by atoms with van der Waals surface area (Å²) in [5.41, 5.74) is 4.73. The van der Waals surface area contributed by atoms with Crippen LogP contribution >= 0.6 is 0 Å². The molecule has 4 rings (SSSR count). The number of hydrogen-bond donors (Lipinski definition) is 2. The number of hydrogen-bond acceptors (Lipinski definition) is 4. The van der Waals surface area contributed by atoms with E-state index in [4.69, 9.17) is 0 Å². The Labute approximate surface area is 167 Å². The molecule has 2 aromatic carbocycles. The highest BCUT2D eigenvalue weighted by Crippen LogP contribution is 2.38. The number of carbonyl (C=O) groups excluding carboxylic acids is 1. The molecule has 6 nitrogen and oxygen atoms in total. The van der Waals surface area contributed by atoms with Gasteiger partial charge in [0.25, 0.3) is 5.91 Å². The minimum Gasteiger partial charge on any atom is -0.388 e. The number of pyridine rings is 1. The second-order valence-electron chi connectivity index (χ2n) is 7.05. The topological polar surface area (TPSA) is 68.4 Å². The molecule has 0 aliphatic carbocycles. The summed E-state index contributed by atoms with van der Waals surface area (Å²) < 4.78 is 13.7. The molecule has 1 aliphatic heterocycles. The average Bonchev–Trinajstić information content (AvgIpc) is 2.69. The SMILES string of the molecule is CNc1ccc2c(c1)N(c1ccc(F)cc1C)CN(c1ccc(=O)[nH]c1C)C2=O. The lowest BCUT2D eigenvalue weighted by Gasteiger charge is -2.39. The lowest BCUT2D eigenvalue weighted by Crippen LogP contribution is -2.45. The summed E-state index contributed by atoms with van der Waals surface area (Å²) in [4.78, 5) is 31.3. The predicted octanol–water partition coefficient (Wildman–Crippen LogP) is 3.93. The van der Waals surface area contributed by atoms with Crippen molar-refractivity contribution >= 4 is 28.7 Å². The maximum Gasteiger partial charge on any atom is 0.261 e. The number of nitrogens with zero attached hydrogens (tertiary/aromatic N) is 2. The standard InChI is InChI=1S/C22H21FN4O2/c1-13-10-15(23)4-7-18(13)26-12-27(19-8-9-21(28)25-14(19)2)22(29)17-6-5-16(24-3)11-20(17)26/h4-11,24H,12H2,1-3H3,(H,25,28). The Hall–Kier alpha value is -3.61. The maximum absolute atomic E-state index is 13.7. The fraction of sp³-hybridized carbons (Fsp3) is 0.182. The molecule has 148 valence electrons. The fourth-order valence-electron chi connectivity index (χ4n) is 3.69. The number of aryl methyl sites for hydroxylation is 2. The molecule has 0 saturated heterocycles. The monoisotopic (exact) mass is 392 g/mol. The molecule has 1 aliphatic rings. The third-order valence-electron chi connectivity index (χ3n) is 5.16. The zero-order valence-electron chi connectivity index (χ0n) is 16.4. The molecule has 0 spiro atoms. The first-order valence-corrected chi connectivity index (χ1v) is 9.26. The molecule has 0 atom stereocenters. The highest BCUT2D eigenvalue weighted by Gasteiger charge is 2.32. The molecule has 2 heterocycles. The van der Waals surface area contributed by atoms with E-state index >= 15 is 0 Å². The van der Waals surface area contributed by atoms with Gasteiger partial charge in [0.15, 0.2) is 0 Å². The quantitative estimate of drug-likeness (QED) is 0.709. The lowest BCUT2D eigenvalue weighted by atomic mass is 10.0. The molecule has 3 aromatic rings. The van der Waals surface area contributed by atoms with Crippen LogP contribution in [-0.4, -0.2) is 24.6 Å². The number of H-pyrrole nitrogens is 1. The molecular formula is C22H21FN4O2. The van der Waals surface area contributed by atoms with Gasteiger partial charge in [0, 0.05) is 30.2 Å². The Kier molecular flexibility index (Phi) is 4.58. The van der Waals surface area contributed by atoms with Crippen molar-refractivity contribution in [1.29, 1.82) is 0 Å². The van der Waals surface area contributed by atoms with Crippen LogP contribution < -0.4 is 20.7 Å². The molecule has 2 N–H and O–H groups in total. The third-order valence-corrected chi connectivity index (χ3v) is 5.16. The molecular weight excluding hydrogens is 371 g/mol. The number of aromatic nitrogens is 1. The van der Waals surface area contributed by atoms with Gasteiger partial charge in [-0.15, -0.1) is 0 Å². The molecule has 29 heavy (non-hydrogen) atoms. The number of benzene rings is 2. The number of nitrogens with one attached hydrogen (secondary N) is 2. The molecule has 0 saturated carbocycles. The van der Waals surface area contributed by atoms with Crippen LogP contribution in [0.5, 0.6) is 0 Å². The van der Waals surface area contributed by atoms with E-state index in [9.17, 15) is 14.0 Å². The van der Waals surface area contributed by atoms with Gasteiger partial charge in [-0.1, -0.05) is 0 Å². The van der Waals surface area contributed by atoms with Crippen LogP contribution in [0.3, 0.4) is 0 Å². The van der Waals surface area contributed by atoms with Gasteiger partial charge in [0.05, 0.1) is 16.9 Å². The first-order chi connectivity index (χ1) is 13.9. The van der Waals surface area contributed by atoms with Gasteiger partial charge >= 0.3 is 0 Å².